The molecule has 0 amide bonds. The predicted octanol–water partition coefficient (Wildman–Crippen LogP) is 0.804. The van der Waals surface area contributed by atoms with Gasteiger partial charge in [-0.2, -0.15) is 5.26 Å². The minimum absolute atomic E-state index is 0.454. The first-order valence-electron chi connectivity index (χ1n) is 4.84. The molecule has 1 aromatic heterocycles. The Bertz CT molecular complexity index is 399. The Morgan fingerprint density at radius 2 is 2.14 bits per heavy atom. The maximum atomic E-state index is 8.71. The standard InChI is InChI=1S/C10H10N4/c11-3-9-2-10(13-6-12-9)14-4-7-1-8(7)5-14/h2,6-8H,1,4-5H2. The molecular weight excluding hydrogens is 176 g/mol. The zero-order chi connectivity index (χ0) is 9.54. The maximum absolute atomic E-state index is 8.71. The van der Waals surface area contributed by atoms with Gasteiger partial charge in [0.05, 0.1) is 0 Å². The van der Waals surface area contributed by atoms with E-state index in [2.05, 4.69) is 14.9 Å². The van der Waals surface area contributed by atoms with Crippen LogP contribution in [0.4, 0.5) is 5.82 Å². The molecule has 4 nitrogen and oxygen atoms in total. The Labute approximate surface area is 82.2 Å². The number of anilines is 1. The summed E-state index contributed by atoms with van der Waals surface area (Å²) in [6, 6.07) is 3.80. The molecule has 0 aromatic carbocycles. The Morgan fingerprint density at radius 1 is 1.36 bits per heavy atom. The van der Waals surface area contributed by atoms with Gasteiger partial charge in [-0.25, -0.2) is 9.97 Å². The Hall–Kier alpha value is -1.63. The van der Waals surface area contributed by atoms with Crippen LogP contribution in [0, 0.1) is 23.2 Å². The van der Waals surface area contributed by atoms with Crippen molar-refractivity contribution < 1.29 is 0 Å². The first-order chi connectivity index (χ1) is 6.86. The molecule has 1 saturated carbocycles. The van der Waals surface area contributed by atoms with Gasteiger partial charge in [-0.1, -0.05) is 0 Å². The molecule has 0 bridgehead atoms. The van der Waals surface area contributed by atoms with Crippen LogP contribution in [0.25, 0.3) is 0 Å². The van der Waals surface area contributed by atoms with Crippen LogP contribution in [-0.4, -0.2) is 23.1 Å². The number of aromatic nitrogens is 2. The number of rotatable bonds is 1. The summed E-state index contributed by atoms with van der Waals surface area (Å²) >= 11 is 0. The summed E-state index contributed by atoms with van der Waals surface area (Å²) in [6.07, 6.45) is 2.85. The van der Waals surface area contributed by atoms with Crippen molar-refractivity contribution in [3.8, 4) is 6.07 Å². The summed E-state index contributed by atoms with van der Waals surface area (Å²) in [6.45, 7) is 2.21. The second-order valence-electron chi connectivity index (χ2n) is 4.03. The molecule has 0 N–H and O–H groups in total. The van der Waals surface area contributed by atoms with Gasteiger partial charge in [0, 0.05) is 19.2 Å². The monoisotopic (exact) mass is 186 g/mol. The van der Waals surface area contributed by atoms with E-state index in [9.17, 15) is 0 Å². The van der Waals surface area contributed by atoms with Crippen LogP contribution >= 0.6 is 0 Å². The average molecular weight is 186 g/mol. The van der Waals surface area contributed by atoms with Crippen LogP contribution < -0.4 is 4.90 Å². The van der Waals surface area contributed by atoms with Gasteiger partial charge in [0.2, 0.25) is 0 Å². The van der Waals surface area contributed by atoms with Gasteiger partial charge in [0.15, 0.2) is 0 Å². The zero-order valence-corrected chi connectivity index (χ0v) is 7.72. The number of nitriles is 1. The lowest BCUT2D eigenvalue weighted by Crippen LogP contribution is -2.22. The molecule has 2 atom stereocenters. The summed E-state index contributed by atoms with van der Waals surface area (Å²) < 4.78 is 0. The van der Waals surface area contributed by atoms with Gasteiger partial charge in [-0.15, -0.1) is 0 Å². The molecule has 3 rings (SSSR count). The maximum Gasteiger partial charge on any atom is 0.145 e. The number of piperidine rings is 1. The van der Waals surface area contributed by atoms with Gasteiger partial charge in [-0.3, -0.25) is 0 Å². The molecule has 1 aliphatic heterocycles. The first kappa shape index (κ1) is 7.74. The molecule has 2 aliphatic rings. The fourth-order valence-corrected chi connectivity index (χ4v) is 2.17. The summed E-state index contributed by atoms with van der Waals surface area (Å²) in [7, 11) is 0. The second-order valence-corrected chi connectivity index (χ2v) is 4.03. The zero-order valence-electron chi connectivity index (χ0n) is 7.72. The highest BCUT2D eigenvalue weighted by Gasteiger charge is 2.45. The van der Waals surface area contributed by atoms with Crippen molar-refractivity contribution >= 4 is 5.82 Å². The summed E-state index contributed by atoms with van der Waals surface area (Å²) in [5.74, 6) is 2.68. The van der Waals surface area contributed by atoms with E-state index in [-0.39, 0.29) is 0 Å². The molecular formula is C10H10N4. The molecule has 0 radical (unpaired) electrons. The van der Waals surface area contributed by atoms with Gasteiger partial charge >= 0.3 is 0 Å². The summed E-state index contributed by atoms with van der Waals surface area (Å²) in [5.41, 5.74) is 0.454. The third-order valence-electron chi connectivity index (χ3n) is 3.07. The fourth-order valence-electron chi connectivity index (χ4n) is 2.17. The summed E-state index contributed by atoms with van der Waals surface area (Å²) in [4.78, 5) is 10.3. The van der Waals surface area contributed by atoms with Crippen molar-refractivity contribution in [2.45, 2.75) is 6.42 Å². The average Bonchev–Trinajstić information content (AvgIpc) is 2.86. The van der Waals surface area contributed by atoms with E-state index in [0.29, 0.717) is 5.69 Å². The molecule has 4 heteroatoms. The predicted molar refractivity (Wildman–Crippen MR) is 50.6 cm³/mol. The van der Waals surface area contributed by atoms with Crippen molar-refractivity contribution in [2.24, 2.45) is 11.8 Å². The number of hydrogen-bond acceptors (Lipinski definition) is 4. The van der Waals surface area contributed by atoms with Gasteiger partial charge in [0.1, 0.15) is 23.9 Å². The van der Waals surface area contributed by atoms with E-state index in [0.717, 1.165) is 30.7 Å². The molecule has 1 saturated heterocycles. The van der Waals surface area contributed by atoms with Crippen LogP contribution in [0.5, 0.6) is 0 Å². The van der Waals surface area contributed by atoms with E-state index in [1.807, 2.05) is 6.07 Å². The van der Waals surface area contributed by atoms with Crippen molar-refractivity contribution in [2.75, 3.05) is 18.0 Å². The third kappa shape index (κ3) is 1.13. The van der Waals surface area contributed by atoms with E-state index < -0.39 is 0 Å². The Balaban J connectivity index is 1.86. The van der Waals surface area contributed by atoms with Crippen LogP contribution in [0.2, 0.25) is 0 Å². The minimum atomic E-state index is 0.454. The lowest BCUT2D eigenvalue weighted by Gasteiger charge is -2.18. The highest BCUT2D eigenvalue weighted by atomic mass is 15.2. The largest absolute Gasteiger partial charge is 0.356 e. The highest BCUT2D eigenvalue weighted by molar-refractivity contribution is 5.44. The van der Waals surface area contributed by atoms with Crippen LogP contribution in [-0.2, 0) is 0 Å². The van der Waals surface area contributed by atoms with Crippen molar-refractivity contribution in [3.05, 3.63) is 18.1 Å². The Kier molecular flexibility index (Phi) is 1.48. The van der Waals surface area contributed by atoms with Crippen molar-refractivity contribution in [1.82, 2.24) is 9.97 Å². The van der Waals surface area contributed by atoms with Crippen molar-refractivity contribution in [3.63, 3.8) is 0 Å². The number of fused-ring (bicyclic) bond motifs is 1. The van der Waals surface area contributed by atoms with Crippen LogP contribution in [0.15, 0.2) is 12.4 Å². The molecule has 2 fully saturated rings. The van der Waals surface area contributed by atoms with Gasteiger partial charge in [0.25, 0.3) is 0 Å². The van der Waals surface area contributed by atoms with Gasteiger partial charge < -0.3 is 4.90 Å². The van der Waals surface area contributed by atoms with E-state index in [4.69, 9.17) is 5.26 Å². The lowest BCUT2D eigenvalue weighted by molar-refractivity contribution is 0.802. The molecule has 14 heavy (non-hydrogen) atoms. The topological polar surface area (TPSA) is 52.8 Å². The Morgan fingerprint density at radius 3 is 2.86 bits per heavy atom. The molecule has 0 spiro atoms. The van der Waals surface area contributed by atoms with Crippen molar-refractivity contribution in [1.29, 1.82) is 5.26 Å². The van der Waals surface area contributed by atoms with E-state index >= 15 is 0 Å². The second kappa shape index (κ2) is 2.68. The first-order valence-corrected chi connectivity index (χ1v) is 4.84. The minimum Gasteiger partial charge on any atom is -0.356 e. The summed E-state index contributed by atoms with van der Waals surface area (Å²) in [5, 5.41) is 8.71. The molecule has 2 heterocycles. The quantitative estimate of drug-likeness (QED) is 0.651. The molecule has 1 aliphatic carbocycles. The number of hydrogen-bond donors (Lipinski definition) is 0. The SMILES string of the molecule is N#Cc1cc(N2CC3CC3C2)ncn1. The van der Waals surface area contributed by atoms with E-state index in [1.54, 1.807) is 6.07 Å². The fraction of sp³-hybridized carbons (Fsp3) is 0.500. The normalized spacial score (nSPS) is 28.4. The third-order valence-corrected chi connectivity index (χ3v) is 3.07. The number of nitrogens with zero attached hydrogens (tertiary/aromatic N) is 4. The lowest BCUT2D eigenvalue weighted by atomic mass is 10.3. The van der Waals surface area contributed by atoms with Crippen LogP contribution in [0.3, 0.4) is 0 Å². The van der Waals surface area contributed by atoms with Gasteiger partial charge in [-0.05, 0) is 18.3 Å². The molecule has 70 valence electrons. The highest BCUT2D eigenvalue weighted by Crippen LogP contribution is 2.45. The van der Waals surface area contributed by atoms with E-state index in [1.165, 1.54) is 12.7 Å². The molecule has 2 unspecified atom stereocenters. The molecule has 1 aromatic rings. The van der Waals surface area contributed by atoms with Crippen LogP contribution in [0.1, 0.15) is 12.1 Å². The smallest absolute Gasteiger partial charge is 0.145 e.